The highest BCUT2D eigenvalue weighted by atomic mass is 32.2. The number of amides is 3. The largest absolute Gasteiger partial charge is 0.497 e. The Morgan fingerprint density at radius 2 is 1.72 bits per heavy atom. The van der Waals surface area contributed by atoms with Gasteiger partial charge in [-0.1, -0.05) is 12.1 Å². The molecule has 0 atom stereocenters. The summed E-state index contributed by atoms with van der Waals surface area (Å²) >= 11 is 0.801. The molecule has 8 heteroatoms. The summed E-state index contributed by atoms with van der Waals surface area (Å²) in [6.45, 7) is 1.04. The van der Waals surface area contributed by atoms with Crippen LogP contribution in [-0.2, 0) is 9.59 Å². The van der Waals surface area contributed by atoms with E-state index >= 15 is 0 Å². The molecule has 0 saturated carbocycles. The zero-order valence-electron chi connectivity index (χ0n) is 15.8. The molecule has 7 nitrogen and oxygen atoms in total. The minimum Gasteiger partial charge on any atom is -0.497 e. The fourth-order valence-corrected chi connectivity index (χ4v) is 3.50. The Balaban J connectivity index is 1.70. The lowest BCUT2D eigenvalue weighted by Crippen LogP contribution is -2.33. The summed E-state index contributed by atoms with van der Waals surface area (Å²) < 4.78 is 5.09. The lowest BCUT2D eigenvalue weighted by molar-refractivity contribution is -0.122. The average Bonchev–Trinajstić information content (AvgIpc) is 2.96. The van der Waals surface area contributed by atoms with Gasteiger partial charge in [-0.15, -0.1) is 0 Å². The van der Waals surface area contributed by atoms with E-state index in [9.17, 15) is 19.2 Å². The third-order valence-corrected chi connectivity index (χ3v) is 5.02. The second-order valence-electron chi connectivity index (χ2n) is 6.22. The normalized spacial score (nSPS) is 15.0. The van der Waals surface area contributed by atoms with Crippen molar-refractivity contribution < 1.29 is 23.9 Å². The van der Waals surface area contributed by atoms with Gasteiger partial charge in [0.05, 0.1) is 18.6 Å². The molecule has 3 rings (SSSR count). The first kappa shape index (κ1) is 20.3. The zero-order chi connectivity index (χ0) is 21.0. The maximum atomic E-state index is 12.6. The number of imide groups is 1. The van der Waals surface area contributed by atoms with Crippen LogP contribution >= 0.6 is 11.8 Å². The highest BCUT2D eigenvalue weighted by Gasteiger charge is 2.36. The van der Waals surface area contributed by atoms with E-state index in [1.807, 2.05) is 0 Å². The number of nitrogens with one attached hydrogen (secondary N) is 1. The SMILES string of the molecule is COc1ccc(/C=C2\SC(=O)N(CC(=O)c3ccc(NC(C)=O)cc3)C2=O)cc1. The van der Waals surface area contributed by atoms with Crippen LogP contribution in [0.4, 0.5) is 10.5 Å². The number of benzene rings is 2. The van der Waals surface area contributed by atoms with Crippen molar-refractivity contribution in [3.05, 3.63) is 64.6 Å². The summed E-state index contributed by atoms with van der Waals surface area (Å²) in [5, 5.41) is 2.12. The number of carbonyl (C=O) groups excluding carboxylic acids is 4. The first-order valence-electron chi connectivity index (χ1n) is 8.67. The number of nitrogens with zero attached hydrogens (tertiary/aromatic N) is 1. The molecule has 0 radical (unpaired) electrons. The molecular weight excluding hydrogens is 392 g/mol. The second kappa shape index (κ2) is 8.74. The van der Waals surface area contributed by atoms with E-state index < -0.39 is 11.1 Å². The van der Waals surface area contributed by atoms with Gasteiger partial charge >= 0.3 is 0 Å². The van der Waals surface area contributed by atoms with Crippen molar-refractivity contribution in [1.29, 1.82) is 0 Å². The van der Waals surface area contributed by atoms with Crippen LogP contribution in [-0.4, -0.2) is 41.4 Å². The Morgan fingerprint density at radius 3 is 2.31 bits per heavy atom. The molecule has 29 heavy (non-hydrogen) atoms. The van der Waals surface area contributed by atoms with E-state index in [-0.39, 0.29) is 23.1 Å². The number of hydrogen-bond donors (Lipinski definition) is 1. The Kier molecular flexibility index (Phi) is 6.13. The van der Waals surface area contributed by atoms with Crippen molar-refractivity contribution in [2.24, 2.45) is 0 Å². The number of anilines is 1. The number of Topliss-reactive ketones (excluding diaryl/α,β-unsaturated/α-hetero) is 1. The standard InChI is InChI=1S/C21H18N2O5S/c1-13(24)22-16-7-5-15(6-8-16)18(25)12-23-20(26)19(29-21(23)27)11-14-3-9-17(28-2)10-4-14/h3-11H,12H2,1-2H3,(H,22,24)/b19-11-. The second-order valence-corrected chi connectivity index (χ2v) is 7.22. The summed E-state index contributed by atoms with van der Waals surface area (Å²) in [6, 6.07) is 13.3. The van der Waals surface area contributed by atoms with Gasteiger partial charge in [-0.05, 0) is 59.8 Å². The third kappa shape index (κ3) is 4.91. The predicted molar refractivity (Wildman–Crippen MR) is 111 cm³/mol. The van der Waals surface area contributed by atoms with Crippen molar-refractivity contribution in [2.75, 3.05) is 19.0 Å². The van der Waals surface area contributed by atoms with Gasteiger partial charge < -0.3 is 10.1 Å². The molecule has 2 aromatic carbocycles. The molecule has 1 fully saturated rings. The average molecular weight is 410 g/mol. The molecule has 0 bridgehead atoms. The van der Waals surface area contributed by atoms with Gasteiger partial charge in [-0.25, -0.2) is 0 Å². The van der Waals surface area contributed by atoms with Gasteiger partial charge in [-0.2, -0.15) is 0 Å². The van der Waals surface area contributed by atoms with Gasteiger partial charge in [0.15, 0.2) is 5.78 Å². The van der Waals surface area contributed by atoms with Crippen LogP contribution in [0, 0.1) is 0 Å². The first-order chi connectivity index (χ1) is 13.9. The van der Waals surface area contributed by atoms with Crippen LogP contribution in [0.25, 0.3) is 6.08 Å². The van der Waals surface area contributed by atoms with Crippen LogP contribution in [0.3, 0.4) is 0 Å². The Bertz CT molecular complexity index is 997. The monoisotopic (exact) mass is 410 g/mol. The first-order valence-corrected chi connectivity index (χ1v) is 9.49. The van der Waals surface area contributed by atoms with E-state index in [0.717, 1.165) is 22.2 Å². The number of rotatable bonds is 6. The summed E-state index contributed by atoms with van der Waals surface area (Å²) in [4.78, 5) is 49.5. The highest BCUT2D eigenvalue weighted by Crippen LogP contribution is 2.32. The number of ether oxygens (including phenoxy) is 1. The minimum absolute atomic E-state index is 0.217. The molecule has 3 amide bonds. The fraction of sp³-hybridized carbons (Fsp3) is 0.143. The Morgan fingerprint density at radius 1 is 1.07 bits per heavy atom. The van der Waals surface area contributed by atoms with Crippen molar-refractivity contribution >= 4 is 46.4 Å². The van der Waals surface area contributed by atoms with E-state index in [0.29, 0.717) is 17.0 Å². The Labute approximate surface area is 171 Å². The van der Waals surface area contributed by atoms with Crippen LogP contribution in [0.15, 0.2) is 53.4 Å². The lowest BCUT2D eigenvalue weighted by atomic mass is 10.1. The number of ketones is 1. The molecule has 1 saturated heterocycles. The van der Waals surface area contributed by atoms with Crippen molar-refractivity contribution in [1.82, 2.24) is 4.90 Å². The number of thioether (sulfide) groups is 1. The Hall–Kier alpha value is -3.39. The van der Waals surface area contributed by atoms with Crippen LogP contribution in [0.2, 0.25) is 0 Å². The van der Waals surface area contributed by atoms with E-state index in [4.69, 9.17) is 4.74 Å². The quantitative estimate of drug-likeness (QED) is 0.578. The van der Waals surface area contributed by atoms with Gasteiger partial charge in [0.2, 0.25) is 5.91 Å². The van der Waals surface area contributed by atoms with Crippen LogP contribution in [0.1, 0.15) is 22.8 Å². The summed E-state index contributed by atoms with van der Waals surface area (Å²) in [6.07, 6.45) is 1.61. The molecule has 2 aromatic rings. The molecule has 148 valence electrons. The van der Waals surface area contributed by atoms with Crippen molar-refractivity contribution in [3.63, 3.8) is 0 Å². The number of carbonyl (C=O) groups is 4. The maximum absolute atomic E-state index is 12.6. The number of methoxy groups -OCH3 is 1. The fourth-order valence-electron chi connectivity index (χ4n) is 2.67. The van der Waals surface area contributed by atoms with Crippen molar-refractivity contribution in [3.8, 4) is 5.75 Å². The summed E-state index contributed by atoms with van der Waals surface area (Å²) in [5.74, 6) is -0.401. The van der Waals surface area contributed by atoms with Crippen LogP contribution in [0.5, 0.6) is 5.75 Å². The molecule has 0 unspecified atom stereocenters. The number of hydrogen-bond acceptors (Lipinski definition) is 6. The van der Waals surface area contributed by atoms with E-state index in [1.54, 1.807) is 61.7 Å². The molecule has 0 spiro atoms. The van der Waals surface area contributed by atoms with Gasteiger partial charge in [0, 0.05) is 18.2 Å². The highest BCUT2D eigenvalue weighted by molar-refractivity contribution is 8.18. The van der Waals surface area contributed by atoms with Gasteiger partial charge in [0.25, 0.3) is 11.1 Å². The van der Waals surface area contributed by atoms with Crippen molar-refractivity contribution in [2.45, 2.75) is 6.92 Å². The lowest BCUT2D eigenvalue weighted by Gasteiger charge is -2.11. The zero-order valence-corrected chi connectivity index (χ0v) is 16.6. The van der Waals surface area contributed by atoms with Gasteiger partial charge in [-0.3, -0.25) is 24.1 Å². The third-order valence-electron chi connectivity index (χ3n) is 4.12. The molecule has 1 aliphatic rings. The molecule has 1 aliphatic heterocycles. The minimum atomic E-state index is -0.501. The summed E-state index contributed by atoms with van der Waals surface area (Å²) in [7, 11) is 1.56. The summed E-state index contributed by atoms with van der Waals surface area (Å²) in [5.41, 5.74) is 1.65. The molecule has 1 N–H and O–H groups in total. The molecular formula is C21H18N2O5S. The van der Waals surface area contributed by atoms with Crippen LogP contribution < -0.4 is 10.1 Å². The van der Waals surface area contributed by atoms with E-state index in [2.05, 4.69) is 5.32 Å². The topological polar surface area (TPSA) is 92.8 Å². The molecule has 0 aromatic heterocycles. The smallest absolute Gasteiger partial charge is 0.293 e. The maximum Gasteiger partial charge on any atom is 0.293 e. The van der Waals surface area contributed by atoms with E-state index in [1.165, 1.54) is 6.92 Å². The molecule has 0 aliphatic carbocycles. The van der Waals surface area contributed by atoms with Gasteiger partial charge in [0.1, 0.15) is 5.75 Å². The molecule has 1 heterocycles. The predicted octanol–water partition coefficient (Wildman–Crippen LogP) is 3.57.